The number of ketones is 1. The van der Waals surface area contributed by atoms with Crippen molar-refractivity contribution < 1.29 is 34.0 Å². The quantitative estimate of drug-likeness (QED) is 0.462. The molecule has 2 heterocycles. The second kappa shape index (κ2) is 8.94. The molecule has 1 aliphatic heterocycles. The first-order chi connectivity index (χ1) is 16.2. The van der Waals surface area contributed by atoms with E-state index in [1.807, 2.05) is 12.1 Å². The molecule has 9 nitrogen and oxygen atoms in total. The molecule has 1 aliphatic rings. The summed E-state index contributed by atoms with van der Waals surface area (Å²) in [6, 6.07) is 7.22. The number of rotatable bonds is 7. The molecular weight excluding hydrogens is 462 g/mol. The van der Waals surface area contributed by atoms with Crippen LogP contribution in [0.5, 0.6) is 34.6 Å². The molecule has 1 atom stereocenters. The Morgan fingerprint density at radius 1 is 1.12 bits per heavy atom. The smallest absolute Gasteiger partial charge is 0.307 e. The number of fused-ring (bicyclic) bond motifs is 1. The van der Waals surface area contributed by atoms with E-state index in [0.717, 1.165) is 16.9 Å². The number of nitrogens with one attached hydrogen (secondary N) is 1. The molecule has 3 aromatic rings. The number of carbonyl (C=O) groups is 1. The van der Waals surface area contributed by atoms with Crippen LogP contribution in [-0.2, 0) is 6.42 Å². The third kappa shape index (κ3) is 4.28. The maximum atomic E-state index is 13.0. The fraction of sp³-hybridized carbons (Fsp3) is 0.333. The summed E-state index contributed by atoms with van der Waals surface area (Å²) in [6.07, 6.45) is 0.467. The Morgan fingerprint density at radius 3 is 2.38 bits per heavy atom. The second-order valence-electron chi connectivity index (χ2n) is 8.29. The highest BCUT2D eigenvalue weighted by atomic mass is 32.1. The van der Waals surface area contributed by atoms with Gasteiger partial charge in [0, 0.05) is 12.0 Å². The standard InChI is InChI=1S/C24H25NO8S/c1-12-17-15(26)10-24(2,33-19(17)21(31-4)20(30-3)18(12)27)11-32-14-7-5-13(6-8-14)9-16-22(28)25-23(29)34-16/h5-8,27-28H,9-11H2,1-4H3,(H,25,29). The van der Waals surface area contributed by atoms with Gasteiger partial charge in [-0.3, -0.25) is 14.6 Å². The van der Waals surface area contributed by atoms with Gasteiger partial charge in [-0.25, -0.2) is 0 Å². The molecule has 0 aliphatic carbocycles. The topological polar surface area (TPSA) is 127 Å². The predicted molar refractivity (Wildman–Crippen MR) is 125 cm³/mol. The molecular formula is C24H25NO8S. The van der Waals surface area contributed by atoms with E-state index >= 15 is 0 Å². The molecule has 1 unspecified atom stereocenters. The van der Waals surface area contributed by atoms with Gasteiger partial charge in [0.15, 0.2) is 17.3 Å². The van der Waals surface area contributed by atoms with Crippen LogP contribution in [0.3, 0.4) is 0 Å². The number of hydrogen-bond donors (Lipinski definition) is 3. The van der Waals surface area contributed by atoms with Crippen molar-refractivity contribution in [3.8, 4) is 34.6 Å². The van der Waals surface area contributed by atoms with Gasteiger partial charge in [0.05, 0.1) is 31.1 Å². The third-order valence-corrected chi connectivity index (χ3v) is 6.56. The average molecular weight is 488 g/mol. The van der Waals surface area contributed by atoms with Crippen LogP contribution in [-0.4, -0.2) is 47.4 Å². The van der Waals surface area contributed by atoms with Crippen molar-refractivity contribution >= 4 is 17.1 Å². The lowest BCUT2D eigenvalue weighted by Crippen LogP contribution is -2.44. The van der Waals surface area contributed by atoms with Crippen LogP contribution in [0.15, 0.2) is 29.1 Å². The lowest BCUT2D eigenvalue weighted by atomic mass is 9.89. The van der Waals surface area contributed by atoms with Gasteiger partial charge in [-0.1, -0.05) is 23.5 Å². The molecule has 0 amide bonds. The molecule has 1 aromatic heterocycles. The van der Waals surface area contributed by atoms with Crippen LogP contribution in [0.4, 0.5) is 0 Å². The van der Waals surface area contributed by atoms with Crippen molar-refractivity contribution in [1.29, 1.82) is 0 Å². The number of thiazole rings is 1. The van der Waals surface area contributed by atoms with Crippen LogP contribution < -0.4 is 23.8 Å². The number of phenols is 1. The third-order valence-electron chi connectivity index (χ3n) is 5.69. The molecule has 10 heteroatoms. The number of carbonyl (C=O) groups excluding carboxylic acids is 1. The molecule has 0 spiro atoms. The van der Waals surface area contributed by atoms with E-state index in [1.165, 1.54) is 14.2 Å². The number of methoxy groups -OCH3 is 2. The van der Waals surface area contributed by atoms with E-state index in [0.29, 0.717) is 22.6 Å². The fourth-order valence-corrected chi connectivity index (χ4v) is 4.74. The summed E-state index contributed by atoms with van der Waals surface area (Å²) in [5, 5.41) is 20.2. The van der Waals surface area contributed by atoms with E-state index in [4.69, 9.17) is 18.9 Å². The normalized spacial score (nSPS) is 17.1. The average Bonchev–Trinajstić information content (AvgIpc) is 3.11. The van der Waals surface area contributed by atoms with Gasteiger partial charge < -0.3 is 29.2 Å². The summed E-state index contributed by atoms with van der Waals surface area (Å²) < 4.78 is 22.8. The van der Waals surface area contributed by atoms with Crippen LogP contribution in [0, 0.1) is 6.92 Å². The SMILES string of the molecule is COc1c(O)c(C)c2c(c1OC)OC(C)(COc1ccc(Cc3sc(=O)[nH]c3O)cc1)CC2=O. The Labute approximate surface area is 199 Å². The first-order valence-electron chi connectivity index (χ1n) is 10.5. The maximum absolute atomic E-state index is 13.0. The Balaban J connectivity index is 1.51. The van der Waals surface area contributed by atoms with Gasteiger partial charge in [-0.15, -0.1) is 0 Å². The first-order valence-corrected chi connectivity index (χ1v) is 11.3. The number of hydrogen-bond acceptors (Lipinski definition) is 9. The number of ether oxygens (including phenoxy) is 4. The number of aromatic amines is 1. The minimum atomic E-state index is -0.979. The second-order valence-corrected chi connectivity index (χ2v) is 9.36. The van der Waals surface area contributed by atoms with Crippen molar-refractivity contribution in [1.82, 2.24) is 4.98 Å². The zero-order valence-electron chi connectivity index (χ0n) is 19.2. The number of aromatic hydroxyl groups is 2. The van der Waals surface area contributed by atoms with Crippen molar-refractivity contribution in [2.75, 3.05) is 20.8 Å². The summed E-state index contributed by atoms with van der Waals surface area (Å²) in [4.78, 5) is 27.0. The number of aromatic nitrogens is 1. The van der Waals surface area contributed by atoms with E-state index in [9.17, 15) is 19.8 Å². The van der Waals surface area contributed by atoms with Gasteiger partial charge in [0.2, 0.25) is 17.4 Å². The highest BCUT2D eigenvalue weighted by Crippen LogP contribution is 2.52. The van der Waals surface area contributed by atoms with Gasteiger partial charge in [-0.05, 0) is 31.5 Å². The van der Waals surface area contributed by atoms with E-state index in [-0.39, 0.29) is 58.1 Å². The molecule has 0 saturated heterocycles. The zero-order chi connectivity index (χ0) is 24.6. The van der Waals surface area contributed by atoms with Gasteiger partial charge in [0.25, 0.3) is 0 Å². The van der Waals surface area contributed by atoms with Crippen LogP contribution >= 0.6 is 11.3 Å². The van der Waals surface area contributed by atoms with Gasteiger partial charge in [0.1, 0.15) is 18.0 Å². The highest BCUT2D eigenvalue weighted by molar-refractivity contribution is 7.09. The zero-order valence-corrected chi connectivity index (χ0v) is 20.0. The summed E-state index contributed by atoms with van der Waals surface area (Å²) in [5.41, 5.74) is 0.560. The molecule has 3 N–H and O–H groups in total. The van der Waals surface area contributed by atoms with Crippen LogP contribution in [0.25, 0.3) is 0 Å². The number of Topliss-reactive ketones (excluding diaryl/α,β-unsaturated/α-hetero) is 1. The largest absolute Gasteiger partial charge is 0.504 e. The summed E-state index contributed by atoms with van der Waals surface area (Å²) in [7, 11) is 2.81. The Kier molecular flexibility index (Phi) is 6.18. The van der Waals surface area contributed by atoms with E-state index in [1.54, 1.807) is 26.0 Å². The molecule has 2 aromatic carbocycles. The molecule has 180 valence electrons. The van der Waals surface area contributed by atoms with Gasteiger partial charge >= 0.3 is 4.87 Å². The Bertz CT molecular complexity index is 1290. The maximum Gasteiger partial charge on any atom is 0.307 e. The predicted octanol–water partition coefficient (Wildman–Crippen LogP) is 3.57. The number of H-pyrrole nitrogens is 1. The van der Waals surface area contributed by atoms with Crippen LogP contribution in [0.2, 0.25) is 0 Å². The van der Waals surface area contributed by atoms with Gasteiger partial charge in [-0.2, -0.15) is 0 Å². The molecule has 0 saturated carbocycles. The molecule has 0 radical (unpaired) electrons. The lowest BCUT2D eigenvalue weighted by molar-refractivity contribution is 0.0165. The Morgan fingerprint density at radius 2 is 1.79 bits per heavy atom. The fourth-order valence-electron chi connectivity index (χ4n) is 3.98. The minimum absolute atomic E-state index is 0.0551. The summed E-state index contributed by atoms with van der Waals surface area (Å²) in [5.74, 6) is 0.586. The Hall–Kier alpha value is -3.66. The molecule has 0 fully saturated rings. The summed E-state index contributed by atoms with van der Waals surface area (Å²) >= 11 is 0.968. The highest BCUT2D eigenvalue weighted by Gasteiger charge is 2.42. The number of phenolic OH excluding ortho intramolecular Hbond substituents is 1. The van der Waals surface area contributed by atoms with Crippen molar-refractivity contribution in [3.63, 3.8) is 0 Å². The lowest BCUT2D eigenvalue weighted by Gasteiger charge is -2.36. The van der Waals surface area contributed by atoms with E-state index in [2.05, 4.69) is 4.98 Å². The first kappa shape index (κ1) is 23.5. The number of benzene rings is 2. The molecule has 34 heavy (non-hydrogen) atoms. The van der Waals surface area contributed by atoms with Crippen LogP contribution in [0.1, 0.15) is 39.7 Å². The minimum Gasteiger partial charge on any atom is -0.504 e. The summed E-state index contributed by atoms with van der Waals surface area (Å²) in [6.45, 7) is 3.49. The molecule has 0 bridgehead atoms. The monoisotopic (exact) mass is 487 g/mol. The van der Waals surface area contributed by atoms with Crippen molar-refractivity contribution in [3.05, 3.63) is 55.5 Å². The molecule has 4 rings (SSSR count). The van der Waals surface area contributed by atoms with E-state index < -0.39 is 5.60 Å². The van der Waals surface area contributed by atoms with Crippen molar-refractivity contribution in [2.45, 2.75) is 32.3 Å². The van der Waals surface area contributed by atoms with Crippen molar-refractivity contribution in [2.24, 2.45) is 0 Å².